The van der Waals surface area contributed by atoms with Crippen molar-refractivity contribution < 1.29 is 5.11 Å². The molecule has 1 aromatic rings. The van der Waals surface area contributed by atoms with Gasteiger partial charge in [0.25, 0.3) is 0 Å². The van der Waals surface area contributed by atoms with E-state index in [-0.39, 0.29) is 6.61 Å². The fourth-order valence-electron chi connectivity index (χ4n) is 2.31. The summed E-state index contributed by atoms with van der Waals surface area (Å²) in [6, 6.07) is 2.17. The van der Waals surface area contributed by atoms with Gasteiger partial charge in [-0.05, 0) is 37.9 Å². The molecule has 0 saturated carbocycles. The standard InChI is InChI=1S/C12H19ClN4O/c1-9-7-11(13)15-16-12(9)14-10-3-2-4-17(8-10)5-6-18/h7,10,18H,2-6,8H2,1H3,(H,14,16)/t10-/m1/s1. The van der Waals surface area contributed by atoms with Crippen molar-refractivity contribution in [1.82, 2.24) is 15.1 Å². The highest BCUT2D eigenvalue weighted by Crippen LogP contribution is 2.18. The number of nitrogens with one attached hydrogen (secondary N) is 1. The SMILES string of the molecule is Cc1cc(Cl)nnc1N[C@@H]1CCCN(CCO)C1. The van der Waals surface area contributed by atoms with Crippen molar-refractivity contribution in [3.63, 3.8) is 0 Å². The van der Waals surface area contributed by atoms with Crippen LogP contribution in [0.3, 0.4) is 0 Å². The average molecular weight is 271 g/mol. The van der Waals surface area contributed by atoms with Gasteiger partial charge in [0.2, 0.25) is 0 Å². The maximum atomic E-state index is 8.97. The number of aliphatic hydroxyl groups is 1. The summed E-state index contributed by atoms with van der Waals surface area (Å²) in [6.45, 7) is 4.92. The highest BCUT2D eigenvalue weighted by molar-refractivity contribution is 6.29. The van der Waals surface area contributed by atoms with Crippen molar-refractivity contribution in [1.29, 1.82) is 0 Å². The number of aromatic nitrogens is 2. The van der Waals surface area contributed by atoms with E-state index >= 15 is 0 Å². The molecule has 1 aliphatic heterocycles. The third kappa shape index (κ3) is 3.54. The Hall–Kier alpha value is -0.910. The summed E-state index contributed by atoms with van der Waals surface area (Å²) in [5.41, 5.74) is 1.01. The zero-order valence-electron chi connectivity index (χ0n) is 10.6. The van der Waals surface area contributed by atoms with Gasteiger partial charge in [-0.25, -0.2) is 0 Å². The van der Waals surface area contributed by atoms with Gasteiger partial charge in [-0.15, -0.1) is 10.2 Å². The van der Waals surface area contributed by atoms with Crippen molar-refractivity contribution in [2.24, 2.45) is 0 Å². The van der Waals surface area contributed by atoms with Gasteiger partial charge in [-0.2, -0.15) is 0 Å². The van der Waals surface area contributed by atoms with E-state index in [4.69, 9.17) is 16.7 Å². The summed E-state index contributed by atoms with van der Waals surface area (Å²) in [6.07, 6.45) is 2.25. The molecule has 5 nitrogen and oxygen atoms in total. The molecule has 6 heteroatoms. The number of hydrogen-bond acceptors (Lipinski definition) is 5. The van der Waals surface area contributed by atoms with Crippen molar-refractivity contribution >= 4 is 17.4 Å². The molecule has 0 unspecified atom stereocenters. The third-order valence-corrected chi connectivity index (χ3v) is 3.40. The van der Waals surface area contributed by atoms with Gasteiger partial charge in [0.05, 0.1) is 6.61 Å². The van der Waals surface area contributed by atoms with Gasteiger partial charge >= 0.3 is 0 Å². The number of aryl methyl sites for hydroxylation is 1. The van der Waals surface area contributed by atoms with E-state index in [1.165, 1.54) is 0 Å². The summed E-state index contributed by atoms with van der Waals surface area (Å²) in [5, 5.41) is 20.7. The minimum Gasteiger partial charge on any atom is -0.395 e. The van der Waals surface area contributed by atoms with Crippen LogP contribution in [0.4, 0.5) is 5.82 Å². The number of aliphatic hydroxyl groups excluding tert-OH is 1. The van der Waals surface area contributed by atoms with Crippen molar-refractivity contribution in [3.8, 4) is 0 Å². The summed E-state index contributed by atoms with van der Waals surface area (Å²) in [7, 11) is 0. The van der Waals surface area contributed by atoms with E-state index in [0.29, 0.717) is 11.2 Å². The van der Waals surface area contributed by atoms with Crippen LogP contribution < -0.4 is 5.32 Å². The topological polar surface area (TPSA) is 61.3 Å². The maximum Gasteiger partial charge on any atom is 0.152 e. The zero-order chi connectivity index (χ0) is 13.0. The van der Waals surface area contributed by atoms with Crippen LogP contribution >= 0.6 is 11.6 Å². The fourth-order valence-corrected chi connectivity index (χ4v) is 2.51. The molecule has 100 valence electrons. The molecule has 1 saturated heterocycles. The molecule has 0 radical (unpaired) electrons. The van der Waals surface area contributed by atoms with E-state index < -0.39 is 0 Å². The predicted octanol–water partition coefficient (Wildman–Crippen LogP) is 1.31. The molecule has 18 heavy (non-hydrogen) atoms. The zero-order valence-corrected chi connectivity index (χ0v) is 11.3. The minimum atomic E-state index is 0.215. The van der Waals surface area contributed by atoms with Gasteiger partial charge in [-0.3, -0.25) is 4.90 Å². The maximum absolute atomic E-state index is 8.97. The first-order valence-electron chi connectivity index (χ1n) is 6.28. The van der Waals surface area contributed by atoms with E-state index in [1.54, 1.807) is 0 Å². The predicted molar refractivity (Wildman–Crippen MR) is 71.9 cm³/mol. The van der Waals surface area contributed by atoms with Crippen LogP contribution in [0.15, 0.2) is 6.07 Å². The van der Waals surface area contributed by atoms with Gasteiger partial charge < -0.3 is 10.4 Å². The molecule has 1 atom stereocenters. The van der Waals surface area contributed by atoms with Crippen molar-refractivity contribution in [2.45, 2.75) is 25.8 Å². The Balaban J connectivity index is 1.96. The van der Waals surface area contributed by atoms with Crippen LogP contribution in [0.5, 0.6) is 0 Å². The lowest BCUT2D eigenvalue weighted by Gasteiger charge is -2.33. The number of halogens is 1. The third-order valence-electron chi connectivity index (χ3n) is 3.22. The molecule has 0 spiro atoms. The molecule has 2 N–H and O–H groups in total. The monoisotopic (exact) mass is 270 g/mol. The first-order chi connectivity index (χ1) is 8.69. The lowest BCUT2D eigenvalue weighted by Crippen LogP contribution is -2.43. The average Bonchev–Trinajstić information content (AvgIpc) is 2.34. The van der Waals surface area contributed by atoms with Crippen LogP contribution in [0.1, 0.15) is 18.4 Å². The summed E-state index contributed by atoms with van der Waals surface area (Å²) < 4.78 is 0. The van der Waals surface area contributed by atoms with Crippen LogP contribution in [0.2, 0.25) is 5.15 Å². The molecule has 0 amide bonds. The van der Waals surface area contributed by atoms with Crippen LogP contribution in [0, 0.1) is 6.92 Å². The summed E-state index contributed by atoms with van der Waals surface area (Å²) in [4.78, 5) is 2.26. The first kappa shape index (κ1) is 13.5. The van der Waals surface area contributed by atoms with E-state index in [0.717, 1.165) is 43.9 Å². The Bertz CT molecular complexity index is 400. The molecule has 1 aliphatic rings. The summed E-state index contributed by atoms with van der Waals surface area (Å²) in [5.74, 6) is 0.801. The summed E-state index contributed by atoms with van der Waals surface area (Å²) >= 11 is 5.79. The number of rotatable bonds is 4. The quantitative estimate of drug-likeness (QED) is 0.864. The second-order valence-corrected chi connectivity index (χ2v) is 5.09. The first-order valence-corrected chi connectivity index (χ1v) is 6.66. The van der Waals surface area contributed by atoms with Crippen molar-refractivity contribution in [3.05, 3.63) is 16.8 Å². The molecule has 0 aromatic carbocycles. The van der Waals surface area contributed by atoms with E-state index in [9.17, 15) is 0 Å². The van der Waals surface area contributed by atoms with Gasteiger partial charge in [-0.1, -0.05) is 11.6 Å². The minimum absolute atomic E-state index is 0.215. The van der Waals surface area contributed by atoms with Gasteiger partial charge in [0.1, 0.15) is 0 Å². The Morgan fingerprint density at radius 3 is 3.11 bits per heavy atom. The number of anilines is 1. The van der Waals surface area contributed by atoms with E-state index in [1.807, 2.05) is 13.0 Å². The van der Waals surface area contributed by atoms with Gasteiger partial charge in [0.15, 0.2) is 11.0 Å². The van der Waals surface area contributed by atoms with Crippen LogP contribution in [0.25, 0.3) is 0 Å². The molecular weight excluding hydrogens is 252 g/mol. The Kier molecular flexibility index (Phi) is 4.74. The van der Waals surface area contributed by atoms with Gasteiger partial charge in [0, 0.05) is 19.1 Å². The second-order valence-electron chi connectivity index (χ2n) is 4.71. The lowest BCUT2D eigenvalue weighted by atomic mass is 10.1. The molecule has 1 fully saturated rings. The number of nitrogens with zero attached hydrogens (tertiary/aromatic N) is 3. The largest absolute Gasteiger partial charge is 0.395 e. The fraction of sp³-hybridized carbons (Fsp3) is 0.667. The second kappa shape index (κ2) is 6.31. The van der Waals surface area contributed by atoms with Crippen LogP contribution in [-0.4, -0.2) is 52.5 Å². The molecule has 1 aromatic heterocycles. The number of likely N-dealkylation sites (tertiary alicyclic amines) is 1. The van der Waals surface area contributed by atoms with Crippen molar-refractivity contribution in [2.75, 3.05) is 31.6 Å². The highest BCUT2D eigenvalue weighted by atomic mass is 35.5. The molecule has 0 aliphatic carbocycles. The number of hydrogen-bond donors (Lipinski definition) is 2. The Morgan fingerprint density at radius 1 is 1.56 bits per heavy atom. The Morgan fingerprint density at radius 2 is 2.39 bits per heavy atom. The molecule has 0 bridgehead atoms. The molecular formula is C12H19ClN4O. The van der Waals surface area contributed by atoms with E-state index in [2.05, 4.69) is 20.4 Å². The number of β-amino-alcohol motifs (C(OH)–C–C–N with tert-alkyl or cyclic N) is 1. The molecule has 2 rings (SSSR count). The smallest absolute Gasteiger partial charge is 0.152 e. The highest BCUT2D eigenvalue weighted by Gasteiger charge is 2.20. The number of piperidine rings is 1. The van der Waals surface area contributed by atoms with Crippen LogP contribution in [-0.2, 0) is 0 Å². The normalized spacial score (nSPS) is 20.9. The Labute approximate surface area is 112 Å². The molecule has 2 heterocycles. The lowest BCUT2D eigenvalue weighted by molar-refractivity contribution is 0.166.